The third-order valence-corrected chi connectivity index (χ3v) is 4.60. The minimum Gasteiger partial charge on any atom is -0.274 e. The minimum atomic E-state index is -0.0270. The van der Waals surface area contributed by atoms with Gasteiger partial charge in [0.1, 0.15) is 0 Å². The lowest BCUT2D eigenvalue weighted by Crippen LogP contribution is -2.28. The Morgan fingerprint density at radius 1 is 1.16 bits per heavy atom. The maximum Gasteiger partial charge on any atom is 0.230 e. The number of carbonyl (C=O) groups is 2. The van der Waals surface area contributed by atoms with E-state index in [1.54, 1.807) is 11.8 Å². The Bertz CT molecular complexity index is 431. The first-order valence-electron chi connectivity index (χ1n) is 6.72. The summed E-state index contributed by atoms with van der Waals surface area (Å²) < 4.78 is 0. The van der Waals surface area contributed by atoms with Crippen LogP contribution in [0, 0.1) is 0 Å². The third-order valence-electron chi connectivity index (χ3n) is 3.28. The molecule has 0 aromatic heterocycles. The van der Waals surface area contributed by atoms with E-state index >= 15 is 0 Å². The van der Waals surface area contributed by atoms with Gasteiger partial charge in [-0.25, -0.2) is 0 Å². The summed E-state index contributed by atoms with van der Waals surface area (Å²) in [4.78, 5) is 24.6. The number of likely N-dealkylation sites (tertiary alicyclic amines) is 1. The van der Waals surface area contributed by atoms with E-state index in [0.29, 0.717) is 24.0 Å². The average Bonchev–Trinajstić information content (AvgIpc) is 2.75. The van der Waals surface area contributed by atoms with Crippen molar-refractivity contribution in [2.75, 3.05) is 5.88 Å². The number of thioether (sulfide) groups is 1. The lowest BCUT2D eigenvalue weighted by molar-refractivity contribution is -0.137. The molecular weight excluding hydrogens is 258 g/mol. The quantitative estimate of drug-likeness (QED) is 0.748. The van der Waals surface area contributed by atoms with Gasteiger partial charge in [-0.1, -0.05) is 43.7 Å². The summed E-state index contributed by atoms with van der Waals surface area (Å²) in [5, 5.41) is 0.354. The van der Waals surface area contributed by atoms with Crippen LogP contribution in [0.5, 0.6) is 0 Å². The summed E-state index contributed by atoms with van der Waals surface area (Å²) in [7, 11) is 0. The van der Waals surface area contributed by atoms with Crippen LogP contribution in [0.3, 0.4) is 0 Å². The van der Waals surface area contributed by atoms with Crippen LogP contribution in [0.25, 0.3) is 0 Å². The van der Waals surface area contributed by atoms with Gasteiger partial charge in [0.25, 0.3) is 0 Å². The summed E-state index contributed by atoms with van der Waals surface area (Å²) in [5.74, 6) is 0.429. The van der Waals surface area contributed by atoms with E-state index in [4.69, 9.17) is 0 Å². The van der Waals surface area contributed by atoms with Gasteiger partial charge in [0.05, 0.1) is 5.88 Å². The van der Waals surface area contributed by atoms with Gasteiger partial charge in [-0.2, -0.15) is 0 Å². The molecule has 0 saturated carbocycles. The van der Waals surface area contributed by atoms with Crippen molar-refractivity contribution >= 4 is 23.6 Å². The fourth-order valence-electron chi connectivity index (χ4n) is 2.21. The van der Waals surface area contributed by atoms with Gasteiger partial charge in [-0.3, -0.25) is 14.5 Å². The SMILES string of the molecule is CCCC(SCN1C(=O)CCC1=O)c1ccccc1. The van der Waals surface area contributed by atoms with Gasteiger partial charge in [-0.15, -0.1) is 11.8 Å². The Kier molecular flexibility index (Phi) is 5.02. The molecule has 1 atom stereocenters. The maximum absolute atomic E-state index is 11.6. The van der Waals surface area contributed by atoms with Gasteiger partial charge in [-0.05, 0) is 12.0 Å². The van der Waals surface area contributed by atoms with Crippen molar-refractivity contribution < 1.29 is 9.59 Å². The molecule has 0 N–H and O–H groups in total. The molecule has 0 spiro atoms. The molecule has 1 heterocycles. The third kappa shape index (κ3) is 3.60. The molecule has 1 aliphatic rings. The standard InChI is InChI=1S/C15H19NO2S/c1-2-6-13(12-7-4-3-5-8-12)19-11-16-14(17)9-10-15(16)18/h3-5,7-8,13H,2,6,9-11H2,1H3. The summed E-state index contributed by atoms with van der Waals surface area (Å²) in [6, 6.07) is 10.3. The molecule has 1 fully saturated rings. The molecule has 0 bridgehead atoms. The number of nitrogens with zero attached hydrogens (tertiary/aromatic N) is 1. The van der Waals surface area contributed by atoms with E-state index in [2.05, 4.69) is 19.1 Å². The first-order valence-corrected chi connectivity index (χ1v) is 7.77. The number of hydrogen-bond donors (Lipinski definition) is 0. The van der Waals surface area contributed by atoms with Gasteiger partial charge in [0.15, 0.2) is 0 Å². The zero-order chi connectivity index (χ0) is 13.7. The highest BCUT2D eigenvalue weighted by Crippen LogP contribution is 2.34. The molecule has 1 saturated heterocycles. The molecular formula is C15H19NO2S. The van der Waals surface area contributed by atoms with Crippen LogP contribution < -0.4 is 0 Å². The number of imide groups is 1. The molecule has 4 heteroatoms. The predicted molar refractivity (Wildman–Crippen MR) is 77.6 cm³/mol. The number of carbonyl (C=O) groups excluding carboxylic acids is 2. The molecule has 19 heavy (non-hydrogen) atoms. The first-order chi connectivity index (χ1) is 9.22. The molecule has 2 amide bonds. The second kappa shape index (κ2) is 6.75. The van der Waals surface area contributed by atoms with Crippen molar-refractivity contribution in [3.8, 4) is 0 Å². The van der Waals surface area contributed by atoms with Crippen molar-refractivity contribution in [1.82, 2.24) is 4.90 Å². The first kappa shape index (κ1) is 14.1. The van der Waals surface area contributed by atoms with Gasteiger partial charge >= 0.3 is 0 Å². The minimum absolute atomic E-state index is 0.0270. The van der Waals surface area contributed by atoms with Crippen LogP contribution in [-0.2, 0) is 9.59 Å². The highest BCUT2D eigenvalue weighted by atomic mass is 32.2. The second-order valence-corrected chi connectivity index (χ2v) is 5.86. The van der Waals surface area contributed by atoms with E-state index in [1.807, 2.05) is 18.2 Å². The molecule has 3 nitrogen and oxygen atoms in total. The van der Waals surface area contributed by atoms with Crippen LogP contribution in [0.4, 0.5) is 0 Å². The predicted octanol–water partition coefficient (Wildman–Crippen LogP) is 3.37. The fraction of sp³-hybridized carbons (Fsp3) is 0.467. The topological polar surface area (TPSA) is 37.4 Å². The Balaban J connectivity index is 1.98. The van der Waals surface area contributed by atoms with E-state index in [9.17, 15) is 9.59 Å². The van der Waals surface area contributed by atoms with Crippen molar-refractivity contribution in [2.45, 2.75) is 37.9 Å². The molecule has 0 aliphatic carbocycles. The van der Waals surface area contributed by atoms with E-state index < -0.39 is 0 Å². The van der Waals surface area contributed by atoms with Gasteiger partial charge < -0.3 is 0 Å². The lowest BCUT2D eigenvalue weighted by atomic mass is 10.1. The Hall–Kier alpha value is -1.29. The van der Waals surface area contributed by atoms with Crippen LogP contribution in [0.1, 0.15) is 43.4 Å². The molecule has 1 aromatic carbocycles. The molecule has 1 aromatic rings. The van der Waals surface area contributed by atoms with Crippen LogP contribution in [0.2, 0.25) is 0 Å². The van der Waals surface area contributed by atoms with E-state index in [1.165, 1.54) is 10.5 Å². The van der Waals surface area contributed by atoms with Crippen molar-refractivity contribution in [3.05, 3.63) is 35.9 Å². The van der Waals surface area contributed by atoms with Crippen molar-refractivity contribution in [1.29, 1.82) is 0 Å². The molecule has 1 unspecified atom stereocenters. The summed E-state index contributed by atoms with van der Waals surface area (Å²) in [6.07, 6.45) is 2.91. The van der Waals surface area contributed by atoms with E-state index in [0.717, 1.165) is 12.8 Å². The van der Waals surface area contributed by atoms with Crippen molar-refractivity contribution in [2.24, 2.45) is 0 Å². The average molecular weight is 277 g/mol. The van der Waals surface area contributed by atoms with Gasteiger partial charge in [0, 0.05) is 18.1 Å². The smallest absolute Gasteiger partial charge is 0.230 e. The van der Waals surface area contributed by atoms with Crippen LogP contribution >= 0.6 is 11.8 Å². The van der Waals surface area contributed by atoms with Crippen LogP contribution in [-0.4, -0.2) is 22.6 Å². The highest BCUT2D eigenvalue weighted by molar-refractivity contribution is 7.99. The summed E-state index contributed by atoms with van der Waals surface area (Å²) in [5.41, 5.74) is 1.27. The van der Waals surface area contributed by atoms with Gasteiger partial charge in [0.2, 0.25) is 11.8 Å². The zero-order valence-electron chi connectivity index (χ0n) is 11.2. The maximum atomic E-state index is 11.6. The Morgan fingerprint density at radius 2 is 1.79 bits per heavy atom. The van der Waals surface area contributed by atoms with Crippen LogP contribution in [0.15, 0.2) is 30.3 Å². The molecule has 2 rings (SSSR count). The molecule has 1 aliphatic heterocycles. The molecule has 102 valence electrons. The lowest BCUT2D eigenvalue weighted by Gasteiger charge is -2.20. The number of amides is 2. The Morgan fingerprint density at radius 3 is 2.37 bits per heavy atom. The monoisotopic (exact) mass is 277 g/mol. The normalized spacial score (nSPS) is 17.0. The summed E-state index contributed by atoms with van der Waals surface area (Å²) in [6.45, 7) is 2.16. The largest absolute Gasteiger partial charge is 0.274 e. The summed E-state index contributed by atoms with van der Waals surface area (Å²) >= 11 is 1.69. The number of hydrogen-bond acceptors (Lipinski definition) is 3. The van der Waals surface area contributed by atoms with E-state index in [-0.39, 0.29) is 11.8 Å². The van der Waals surface area contributed by atoms with Crippen molar-refractivity contribution in [3.63, 3.8) is 0 Å². The number of rotatable bonds is 6. The highest BCUT2D eigenvalue weighted by Gasteiger charge is 2.29. The molecule has 0 radical (unpaired) electrons. The Labute approximate surface area is 118 Å². The second-order valence-electron chi connectivity index (χ2n) is 4.70. The fourth-order valence-corrected chi connectivity index (χ4v) is 3.58. The zero-order valence-corrected chi connectivity index (χ0v) is 12.0. The number of benzene rings is 1.